The zero-order valence-corrected chi connectivity index (χ0v) is 20.2. The summed E-state index contributed by atoms with van der Waals surface area (Å²) in [6, 6.07) is 31.8. The van der Waals surface area contributed by atoms with Crippen LogP contribution in [0.1, 0.15) is 6.92 Å². The molecular weight excluding hydrogens is 516 g/mol. The van der Waals surface area contributed by atoms with Gasteiger partial charge in [-0.1, -0.05) is 92.5 Å². The summed E-state index contributed by atoms with van der Waals surface area (Å²) < 4.78 is 2.04. The minimum Gasteiger partial charge on any atom is -0.398 e. The molecule has 0 aliphatic heterocycles. The van der Waals surface area contributed by atoms with Crippen molar-refractivity contribution in [2.75, 3.05) is 11.1 Å². The van der Waals surface area contributed by atoms with Gasteiger partial charge in [0.25, 0.3) is 0 Å². The summed E-state index contributed by atoms with van der Waals surface area (Å²) in [5.41, 5.74) is 11.8. The molecule has 31 heavy (non-hydrogen) atoms. The van der Waals surface area contributed by atoms with E-state index in [9.17, 15) is 4.79 Å². The zero-order chi connectivity index (χ0) is 22.2. The van der Waals surface area contributed by atoms with Crippen LogP contribution in [-0.2, 0) is 4.79 Å². The Morgan fingerprint density at radius 3 is 1.74 bits per heavy atom. The molecule has 0 spiro atoms. The molecular formula is C26H22Br2N2O. The third-order valence-electron chi connectivity index (χ3n) is 4.48. The van der Waals surface area contributed by atoms with E-state index in [1.807, 2.05) is 84.9 Å². The summed E-state index contributed by atoms with van der Waals surface area (Å²) in [6.45, 7) is 1.51. The molecule has 1 amide bonds. The fraction of sp³-hybridized carbons (Fsp3) is 0.0385. The van der Waals surface area contributed by atoms with Crippen molar-refractivity contribution in [3.63, 3.8) is 0 Å². The van der Waals surface area contributed by atoms with Crippen LogP contribution in [-0.4, -0.2) is 5.91 Å². The number of hydrogen-bond acceptors (Lipinski definition) is 2. The Morgan fingerprint density at radius 2 is 1.19 bits per heavy atom. The highest BCUT2D eigenvalue weighted by atomic mass is 79.9. The van der Waals surface area contributed by atoms with Crippen molar-refractivity contribution in [1.82, 2.24) is 0 Å². The summed E-state index contributed by atoms with van der Waals surface area (Å²) in [6.07, 6.45) is 0. The molecule has 0 aliphatic carbocycles. The molecule has 5 heteroatoms. The molecule has 0 aliphatic rings. The number of benzene rings is 4. The molecule has 156 valence electrons. The van der Waals surface area contributed by atoms with Crippen LogP contribution in [0, 0.1) is 0 Å². The van der Waals surface area contributed by atoms with Crippen molar-refractivity contribution >= 4 is 49.1 Å². The fourth-order valence-corrected chi connectivity index (χ4v) is 3.79. The summed E-state index contributed by atoms with van der Waals surface area (Å²) in [5, 5.41) is 2.84. The third kappa shape index (κ3) is 6.54. The molecule has 4 aromatic carbocycles. The van der Waals surface area contributed by atoms with Gasteiger partial charge in [-0.25, -0.2) is 0 Å². The van der Waals surface area contributed by atoms with Gasteiger partial charge in [0.2, 0.25) is 5.91 Å². The smallest absolute Gasteiger partial charge is 0.221 e. The molecule has 3 nitrogen and oxygen atoms in total. The number of anilines is 2. The lowest BCUT2D eigenvalue weighted by Gasteiger charge is -2.10. The van der Waals surface area contributed by atoms with Crippen LogP contribution in [0.2, 0.25) is 0 Å². The Labute approximate surface area is 199 Å². The Bertz CT molecular complexity index is 1160. The molecule has 0 saturated heterocycles. The average Bonchev–Trinajstić information content (AvgIpc) is 2.78. The maximum atomic E-state index is 11.2. The van der Waals surface area contributed by atoms with Crippen LogP contribution in [0.5, 0.6) is 0 Å². The van der Waals surface area contributed by atoms with E-state index in [0.717, 1.165) is 42.6 Å². The normalized spacial score (nSPS) is 10.0. The van der Waals surface area contributed by atoms with Gasteiger partial charge in [-0.05, 0) is 47.5 Å². The number of carbonyl (C=O) groups is 1. The molecule has 0 radical (unpaired) electrons. The predicted molar refractivity (Wildman–Crippen MR) is 138 cm³/mol. The average molecular weight is 538 g/mol. The minimum absolute atomic E-state index is 0.0653. The van der Waals surface area contributed by atoms with E-state index in [2.05, 4.69) is 49.3 Å². The number of nitrogen functional groups attached to an aromatic ring is 1. The van der Waals surface area contributed by atoms with Crippen LogP contribution in [0.3, 0.4) is 0 Å². The summed E-state index contributed by atoms with van der Waals surface area (Å²) in [7, 11) is 0. The van der Waals surface area contributed by atoms with Crippen LogP contribution in [0.15, 0.2) is 106 Å². The monoisotopic (exact) mass is 536 g/mol. The van der Waals surface area contributed by atoms with Gasteiger partial charge in [-0.3, -0.25) is 4.79 Å². The maximum absolute atomic E-state index is 11.2. The Morgan fingerprint density at radius 1 is 0.710 bits per heavy atom. The van der Waals surface area contributed by atoms with Crippen molar-refractivity contribution < 1.29 is 4.79 Å². The number of hydrogen-bond donors (Lipinski definition) is 2. The second kappa shape index (κ2) is 10.9. The number of nitrogens with two attached hydrogens (primary N) is 1. The van der Waals surface area contributed by atoms with Gasteiger partial charge in [0.1, 0.15) is 0 Å². The lowest BCUT2D eigenvalue weighted by atomic mass is 10.0. The molecule has 0 aromatic heterocycles. The van der Waals surface area contributed by atoms with Crippen LogP contribution in [0.4, 0.5) is 11.4 Å². The number of nitrogens with one attached hydrogen (secondary N) is 1. The predicted octanol–water partition coefficient (Wildman–Crippen LogP) is 7.77. The van der Waals surface area contributed by atoms with Gasteiger partial charge in [0.05, 0.1) is 0 Å². The molecule has 0 fully saturated rings. The molecule has 0 saturated carbocycles. The van der Waals surface area contributed by atoms with Crippen molar-refractivity contribution in [1.29, 1.82) is 0 Å². The molecule has 4 aromatic rings. The Balaban J connectivity index is 0.000000179. The lowest BCUT2D eigenvalue weighted by molar-refractivity contribution is -0.114. The molecule has 3 N–H and O–H groups in total. The van der Waals surface area contributed by atoms with Gasteiger partial charge in [-0.2, -0.15) is 0 Å². The molecule has 0 bridgehead atoms. The highest BCUT2D eigenvalue weighted by Crippen LogP contribution is 2.31. The Kier molecular flexibility index (Phi) is 8.04. The van der Waals surface area contributed by atoms with E-state index >= 15 is 0 Å². The van der Waals surface area contributed by atoms with Crippen molar-refractivity contribution in [3.8, 4) is 22.3 Å². The number of rotatable bonds is 3. The quantitative estimate of drug-likeness (QED) is 0.262. The number of carbonyl (C=O) groups excluding carboxylic acids is 1. The third-order valence-corrected chi connectivity index (χ3v) is 5.46. The van der Waals surface area contributed by atoms with E-state index in [1.165, 1.54) is 6.92 Å². The Hall–Kier alpha value is -2.89. The van der Waals surface area contributed by atoms with Crippen LogP contribution >= 0.6 is 31.9 Å². The topological polar surface area (TPSA) is 55.1 Å². The second-order valence-electron chi connectivity index (χ2n) is 6.83. The standard InChI is InChI=1S/C14H12BrNO.C12H10BrN/c1-10(17)16-14-8-7-12(15)9-13(14)11-5-3-2-4-6-11;13-10-6-7-12(14)11(8-10)9-4-2-1-3-5-9/h2-9H,1H3,(H,16,17);1-8H,14H2. The highest BCUT2D eigenvalue weighted by Gasteiger charge is 2.06. The SMILES string of the molecule is CC(=O)Nc1ccc(Br)cc1-c1ccccc1.Nc1ccc(Br)cc1-c1ccccc1. The van der Waals surface area contributed by atoms with Crippen molar-refractivity contribution in [3.05, 3.63) is 106 Å². The zero-order valence-electron chi connectivity index (χ0n) is 17.0. The van der Waals surface area contributed by atoms with E-state index < -0.39 is 0 Å². The number of amides is 1. The summed E-state index contributed by atoms with van der Waals surface area (Å²) in [5.74, 6) is -0.0653. The van der Waals surface area contributed by atoms with Crippen LogP contribution < -0.4 is 11.1 Å². The van der Waals surface area contributed by atoms with Crippen molar-refractivity contribution in [2.45, 2.75) is 6.92 Å². The fourth-order valence-electron chi connectivity index (χ4n) is 3.07. The lowest BCUT2D eigenvalue weighted by Crippen LogP contribution is -2.06. The van der Waals surface area contributed by atoms with Crippen molar-refractivity contribution in [2.24, 2.45) is 0 Å². The highest BCUT2D eigenvalue weighted by molar-refractivity contribution is 9.10. The largest absolute Gasteiger partial charge is 0.398 e. The van der Waals surface area contributed by atoms with Crippen LogP contribution in [0.25, 0.3) is 22.3 Å². The van der Waals surface area contributed by atoms with Gasteiger partial charge in [-0.15, -0.1) is 0 Å². The first-order chi connectivity index (χ1) is 14.9. The number of halogens is 2. The van der Waals surface area contributed by atoms with Gasteiger partial charge < -0.3 is 11.1 Å². The first-order valence-electron chi connectivity index (χ1n) is 9.67. The van der Waals surface area contributed by atoms with E-state index in [4.69, 9.17) is 5.73 Å². The van der Waals surface area contributed by atoms with Gasteiger partial charge in [0.15, 0.2) is 0 Å². The second-order valence-corrected chi connectivity index (χ2v) is 8.67. The minimum atomic E-state index is -0.0653. The molecule has 4 rings (SSSR count). The van der Waals surface area contributed by atoms with E-state index in [0.29, 0.717) is 0 Å². The summed E-state index contributed by atoms with van der Waals surface area (Å²) >= 11 is 6.89. The van der Waals surface area contributed by atoms with Gasteiger partial charge >= 0.3 is 0 Å². The van der Waals surface area contributed by atoms with Gasteiger partial charge in [0, 0.05) is 38.4 Å². The van der Waals surface area contributed by atoms with E-state index in [1.54, 1.807) is 0 Å². The first-order valence-corrected chi connectivity index (χ1v) is 11.3. The molecule has 0 heterocycles. The molecule has 0 atom stereocenters. The maximum Gasteiger partial charge on any atom is 0.221 e. The summed E-state index contributed by atoms with van der Waals surface area (Å²) in [4.78, 5) is 11.2. The molecule has 0 unspecified atom stereocenters. The first kappa shape index (κ1) is 22.8. The van der Waals surface area contributed by atoms with E-state index in [-0.39, 0.29) is 5.91 Å².